The summed E-state index contributed by atoms with van der Waals surface area (Å²) in [6, 6.07) is 17.7. The molecular weight excluding hydrogens is 290 g/mol. The van der Waals surface area contributed by atoms with E-state index in [0.29, 0.717) is 18.4 Å². The predicted molar refractivity (Wildman–Crippen MR) is 89.1 cm³/mol. The molecule has 0 radical (unpaired) electrons. The first-order valence-corrected chi connectivity index (χ1v) is 7.70. The highest BCUT2D eigenvalue weighted by Crippen LogP contribution is 2.20. The van der Waals surface area contributed by atoms with E-state index in [2.05, 4.69) is 12.2 Å². The largest absolute Gasteiger partial charge is 0.479 e. The molecule has 120 valence electrons. The fourth-order valence-corrected chi connectivity index (χ4v) is 2.46. The number of carboxylic acids is 1. The Morgan fingerprint density at radius 2 is 1.48 bits per heavy atom. The number of amides is 1. The third kappa shape index (κ3) is 4.95. The van der Waals surface area contributed by atoms with E-state index in [1.807, 2.05) is 36.4 Å². The molecule has 0 aromatic heterocycles. The van der Waals surface area contributed by atoms with E-state index in [-0.39, 0.29) is 11.8 Å². The van der Waals surface area contributed by atoms with Crippen LogP contribution in [0.3, 0.4) is 0 Å². The van der Waals surface area contributed by atoms with Crippen molar-refractivity contribution in [2.75, 3.05) is 0 Å². The standard InChI is InChI=1S/C19H21NO3/c1-14(15-8-4-2-5-9-15)12-13-17(21)20-18(19(22)23)16-10-6-3-7-11-16/h2-11,14,18H,12-13H2,1H3,(H,20,21)(H,22,23)/t14?,18-/m0/s1. The SMILES string of the molecule is CC(CCC(=O)N[C@H](C(=O)O)c1ccccc1)c1ccccc1. The average Bonchev–Trinajstić information content (AvgIpc) is 2.58. The number of rotatable bonds is 7. The summed E-state index contributed by atoms with van der Waals surface area (Å²) in [6.45, 7) is 2.06. The third-order valence-corrected chi connectivity index (χ3v) is 3.86. The molecule has 4 nitrogen and oxygen atoms in total. The minimum Gasteiger partial charge on any atom is -0.479 e. The smallest absolute Gasteiger partial charge is 0.330 e. The Morgan fingerprint density at radius 3 is 2.00 bits per heavy atom. The summed E-state index contributed by atoms with van der Waals surface area (Å²) in [5.74, 6) is -1.05. The molecular formula is C19H21NO3. The lowest BCUT2D eigenvalue weighted by atomic mass is 9.96. The highest BCUT2D eigenvalue weighted by molar-refractivity contribution is 5.84. The molecule has 2 atom stereocenters. The van der Waals surface area contributed by atoms with E-state index in [9.17, 15) is 14.7 Å². The summed E-state index contributed by atoms with van der Waals surface area (Å²) in [5.41, 5.74) is 1.75. The minimum absolute atomic E-state index is 0.246. The number of carbonyl (C=O) groups excluding carboxylic acids is 1. The van der Waals surface area contributed by atoms with E-state index >= 15 is 0 Å². The van der Waals surface area contributed by atoms with Gasteiger partial charge in [0, 0.05) is 6.42 Å². The zero-order valence-electron chi connectivity index (χ0n) is 13.1. The van der Waals surface area contributed by atoms with Crippen molar-refractivity contribution >= 4 is 11.9 Å². The molecule has 2 aromatic rings. The van der Waals surface area contributed by atoms with Crippen molar-refractivity contribution < 1.29 is 14.7 Å². The van der Waals surface area contributed by atoms with Crippen molar-refractivity contribution in [3.05, 3.63) is 71.8 Å². The van der Waals surface area contributed by atoms with Crippen LogP contribution in [0.4, 0.5) is 0 Å². The fourth-order valence-electron chi connectivity index (χ4n) is 2.46. The molecule has 23 heavy (non-hydrogen) atoms. The highest BCUT2D eigenvalue weighted by Gasteiger charge is 2.21. The lowest BCUT2D eigenvalue weighted by molar-refractivity contribution is -0.142. The quantitative estimate of drug-likeness (QED) is 0.822. The molecule has 0 spiro atoms. The lowest BCUT2D eigenvalue weighted by Crippen LogP contribution is -2.33. The summed E-state index contributed by atoms with van der Waals surface area (Å²) in [4.78, 5) is 23.5. The van der Waals surface area contributed by atoms with Crippen LogP contribution in [0.25, 0.3) is 0 Å². The molecule has 2 N–H and O–H groups in total. The number of hydrogen-bond donors (Lipinski definition) is 2. The maximum absolute atomic E-state index is 12.1. The van der Waals surface area contributed by atoms with Gasteiger partial charge in [-0.15, -0.1) is 0 Å². The van der Waals surface area contributed by atoms with Crippen molar-refractivity contribution in [3.63, 3.8) is 0 Å². The first-order chi connectivity index (χ1) is 11.1. The molecule has 0 aliphatic carbocycles. The van der Waals surface area contributed by atoms with Crippen LogP contribution >= 0.6 is 0 Å². The Bertz CT molecular complexity index is 640. The Labute approximate surface area is 136 Å². The third-order valence-electron chi connectivity index (χ3n) is 3.86. The van der Waals surface area contributed by atoms with Crippen molar-refractivity contribution in [2.45, 2.75) is 31.7 Å². The van der Waals surface area contributed by atoms with Crippen LogP contribution in [0.1, 0.15) is 42.9 Å². The van der Waals surface area contributed by atoms with Crippen LogP contribution in [0, 0.1) is 0 Å². The maximum atomic E-state index is 12.1. The highest BCUT2D eigenvalue weighted by atomic mass is 16.4. The van der Waals surface area contributed by atoms with Gasteiger partial charge in [-0.1, -0.05) is 67.6 Å². The van der Waals surface area contributed by atoms with E-state index in [1.54, 1.807) is 24.3 Å². The number of hydrogen-bond acceptors (Lipinski definition) is 2. The second-order valence-electron chi connectivity index (χ2n) is 5.60. The molecule has 0 bridgehead atoms. The first-order valence-electron chi connectivity index (χ1n) is 7.70. The van der Waals surface area contributed by atoms with Crippen molar-refractivity contribution in [1.82, 2.24) is 5.32 Å². The molecule has 0 saturated heterocycles. The Kier molecular flexibility index (Phi) is 5.92. The first kappa shape index (κ1) is 16.7. The van der Waals surface area contributed by atoms with Gasteiger partial charge in [0.05, 0.1) is 0 Å². The van der Waals surface area contributed by atoms with Gasteiger partial charge in [-0.2, -0.15) is 0 Å². The maximum Gasteiger partial charge on any atom is 0.330 e. The predicted octanol–water partition coefficient (Wildman–Crippen LogP) is 3.51. The second-order valence-corrected chi connectivity index (χ2v) is 5.60. The molecule has 4 heteroatoms. The minimum atomic E-state index is -1.05. The molecule has 0 aliphatic heterocycles. The van der Waals surface area contributed by atoms with Gasteiger partial charge in [0.2, 0.25) is 5.91 Å². The number of aliphatic carboxylic acids is 1. The van der Waals surface area contributed by atoms with Crippen LogP contribution < -0.4 is 5.32 Å². The van der Waals surface area contributed by atoms with Crippen LogP contribution in [-0.4, -0.2) is 17.0 Å². The molecule has 1 amide bonds. The Morgan fingerprint density at radius 1 is 0.957 bits per heavy atom. The van der Waals surface area contributed by atoms with Gasteiger partial charge >= 0.3 is 5.97 Å². The molecule has 0 aliphatic rings. The molecule has 2 rings (SSSR count). The van der Waals surface area contributed by atoms with Crippen LogP contribution in [0.2, 0.25) is 0 Å². The lowest BCUT2D eigenvalue weighted by Gasteiger charge is -2.16. The number of carbonyl (C=O) groups is 2. The summed E-state index contributed by atoms with van der Waals surface area (Å²) >= 11 is 0. The molecule has 0 saturated carbocycles. The van der Waals surface area contributed by atoms with Crippen LogP contribution in [-0.2, 0) is 9.59 Å². The van der Waals surface area contributed by atoms with Gasteiger partial charge in [-0.3, -0.25) is 4.79 Å². The van der Waals surface area contributed by atoms with Crippen molar-refractivity contribution in [2.24, 2.45) is 0 Å². The summed E-state index contributed by atoms with van der Waals surface area (Å²) < 4.78 is 0. The van der Waals surface area contributed by atoms with Crippen molar-refractivity contribution in [3.8, 4) is 0 Å². The average molecular weight is 311 g/mol. The van der Waals surface area contributed by atoms with Gasteiger partial charge in [0.15, 0.2) is 6.04 Å². The summed E-state index contributed by atoms with van der Waals surface area (Å²) in [7, 11) is 0. The van der Waals surface area contributed by atoms with Crippen LogP contribution in [0.15, 0.2) is 60.7 Å². The van der Waals surface area contributed by atoms with E-state index in [0.717, 1.165) is 0 Å². The molecule has 0 fully saturated rings. The number of benzene rings is 2. The van der Waals surface area contributed by atoms with E-state index < -0.39 is 12.0 Å². The molecule has 1 unspecified atom stereocenters. The van der Waals surface area contributed by atoms with Crippen molar-refractivity contribution in [1.29, 1.82) is 0 Å². The summed E-state index contributed by atoms with van der Waals surface area (Å²) in [6.07, 6.45) is 0.976. The monoisotopic (exact) mass is 311 g/mol. The zero-order valence-corrected chi connectivity index (χ0v) is 13.1. The fraction of sp³-hybridized carbons (Fsp3) is 0.263. The van der Waals surface area contributed by atoms with Gasteiger partial charge in [0.25, 0.3) is 0 Å². The molecule has 2 aromatic carbocycles. The van der Waals surface area contributed by atoms with E-state index in [4.69, 9.17) is 0 Å². The van der Waals surface area contributed by atoms with Crippen LogP contribution in [0.5, 0.6) is 0 Å². The van der Waals surface area contributed by atoms with E-state index in [1.165, 1.54) is 5.56 Å². The molecule has 0 heterocycles. The number of nitrogens with one attached hydrogen (secondary N) is 1. The topological polar surface area (TPSA) is 66.4 Å². The zero-order chi connectivity index (χ0) is 16.7. The van der Waals surface area contributed by atoms with Gasteiger partial charge < -0.3 is 10.4 Å². The Hall–Kier alpha value is -2.62. The Balaban J connectivity index is 1.91. The van der Waals surface area contributed by atoms with Gasteiger partial charge in [-0.05, 0) is 23.5 Å². The summed E-state index contributed by atoms with van der Waals surface area (Å²) in [5, 5.41) is 11.9. The second kappa shape index (κ2) is 8.13. The van der Waals surface area contributed by atoms with Gasteiger partial charge in [0.1, 0.15) is 0 Å². The number of carboxylic acid groups (broad SMARTS) is 1. The normalized spacial score (nSPS) is 13.1. The van der Waals surface area contributed by atoms with Gasteiger partial charge in [-0.25, -0.2) is 4.79 Å².